The van der Waals surface area contributed by atoms with E-state index in [2.05, 4.69) is 20.6 Å². The molecule has 0 radical (unpaired) electrons. The average molecular weight is 393 g/mol. The van der Waals surface area contributed by atoms with E-state index in [1.807, 2.05) is 6.07 Å². The molecule has 28 heavy (non-hydrogen) atoms. The van der Waals surface area contributed by atoms with Crippen molar-refractivity contribution in [2.45, 2.75) is 31.4 Å². The topological polar surface area (TPSA) is 90.7 Å². The highest BCUT2D eigenvalue weighted by Gasteiger charge is 2.32. The van der Waals surface area contributed by atoms with E-state index in [4.69, 9.17) is 0 Å². The van der Waals surface area contributed by atoms with Crippen molar-refractivity contribution in [3.8, 4) is 17.2 Å². The van der Waals surface area contributed by atoms with Gasteiger partial charge >= 0.3 is 6.18 Å². The molecule has 0 spiro atoms. The van der Waals surface area contributed by atoms with Gasteiger partial charge in [-0.3, -0.25) is 14.8 Å². The zero-order valence-corrected chi connectivity index (χ0v) is 14.4. The molecule has 6 nitrogen and oxygen atoms in total. The smallest absolute Gasteiger partial charge is 0.349 e. The Bertz CT molecular complexity index is 908. The number of aromatic nitrogens is 2. The first-order chi connectivity index (χ1) is 13.3. The standard InChI is InChI=1S/C18H15F4N5O/c19-12-3-15(25-8-12)17(28)27-9-13-4-14(11(5-23)7-24-13)10-1-2-16(26-6-10)18(20,21)22/h1-2,4,6-7,12,15,25H,3,8-9H2,(H,27,28)/t12-,15-/m1/s1. The van der Waals surface area contributed by atoms with E-state index in [9.17, 15) is 27.6 Å². The van der Waals surface area contributed by atoms with Gasteiger partial charge < -0.3 is 10.6 Å². The summed E-state index contributed by atoms with van der Waals surface area (Å²) >= 11 is 0. The van der Waals surface area contributed by atoms with Crippen LogP contribution >= 0.6 is 0 Å². The van der Waals surface area contributed by atoms with E-state index in [0.717, 1.165) is 12.3 Å². The molecule has 1 aliphatic rings. The van der Waals surface area contributed by atoms with Crippen molar-refractivity contribution in [1.82, 2.24) is 20.6 Å². The summed E-state index contributed by atoms with van der Waals surface area (Å²) in [6.07, 6.45) is -3.22. The van der Waals surface area contributed by atoms with Crippen LogP contribution in [0.25, 0.3) is 11.1 Å². The van der Waals surface area contributed by atoms with Crippen molar-refractivity contribution < 1.29 is 22.4 Å². The van der Waals surface area contributed by atoms with Gasteiger partial charge in [0.15, 0.2) is 0 Å². The van der Waals surface area contributed by atoms with Gasteiger partial charge in [-0.1, -0.05) is 6.07 Å². The monoisotopic (exact) mass is 393 g/mol. The van der Waals surface area contributed by atoms with Crippen molar-refractivity contribution in [1.29, 1.82) is 5.26 Å². The molecule has 0 unspecified atom stereocenters. The van der Waals surface area contributed by atoms with E-state index < -0.39 is 24.1 Å². The molecule has 10 heteroatoms. The minimum absolute atomic E-state index is 0.0285. The van der Waals surface area contributed by atoms with Gasteiger partial charge in [0, 0.05) is 36.5 Å². The van der Waals surface area contributed by atoms with Gasteiger partial charge in [0.25, 0.3) is 0 Å². The summed E-state index contributed by atoms with van der Waals surface area (Å²) in [5, 5.41) is 14.6. The van der Waals surface area contributed by atoms with Crippen LogP contribution in [0, 0.1) is 11.3 Å². The van der Waals surface area contributed by atoms with Crippen LogP contribution < -0.4 is 10.6 Å². The molecule has 3 heterocycles. The molecule has 2 aromatic rings. The number of nitrogens with one attached hydrogen (secondary N) is 2. The Morgan fingerprint density at radius 1 is 1.32 bits per heavy atom. The Morgan fingerprint density at radius 3 is 2.68 bits per heavy atom. The molecule has 146 valence electrons. The molecule has 0 aliphatic carbocycles. The first-order valence-electron chi connectivity index (χ1n) is 8.35. The van der Waals surface area contributed by atoms with Gasteiger partial charge in [0.2, 0.25) is 5.91 Å². The highest BCUT2D eigenvalue weighted by atomic mass is 19.4. The number of hydrogen-bond acceptors (Lipinski definition) is 5. The zero-order valence-electron chi connectivity index (χ0n) is 14.4. The van der Waals surface area contributed by atoms with Gasteiger partial charge in [-0.2, -0.15) is 18.4 Å². The van der Waals surface area contributed by atoms with Gasteiger partial charge in [-0.15, -0.1) is 0 Å². The number of amides is 1. The van der Waals surface area contributed by atoms with E-state index >= 15 is 0 Å². The predicted molar refractivity (Wildman–Crippen MR) is 90.3 cm³/mol. The Kier molecular flexibility index (Phi) is 5.56. The third-order valence-electron chi connectivity index (χ3n) is 4.28. The van der Waals surface area contributed by atoms with Crippen molar-refractivity contribution in [2.24, 2.45) is 0 Å². The molecule has 1 saturated heterocycles. The number of hydrogen-bond donors (Lipinski definition) is 2. The summed E-state index contributed by atoms with van der Waals surface area (Å²) in [5.74, 6) is -0.371. The summed E-state index contributed by atoms with van der Waals surface area (Å²) in [4.78, 5) is 19.5. The van der Waals surface area contributed by atoms with E-state index in [-0.39, 0.29) is 31.0 Å². The number of carbonyl (C=O) groups excluding carboxylic acids is 1. The first kappa shape index (κ1) is 19.7. The first-order valence-corrected chi connectivity index (χ1v) is 8.35. The lowest BCUT2D eigenvalue weighted by atomic mass is 10.0. The molecule has 0 saturated carbocycles. The number of pyridine rings is 2. The van der Waals surface area contributed by atoms with Crippen LogP contribution in [-0.2, 0) is 17.5 Å². The quantitative estimate of drug-likeness (QED) is 0.779. The van der Waals surface area contributed by atoms with Crippen molar-refractivity contribution in [2.75, 3.05) is 6.54 Å². The maximum atomic E-state index is 13.2. The SMILES string of the molecule is N#Cc1cnc(CNC(=O)[C@H]2C[C@@H](F)CN2)cc1-c1ccc(C(F)(F)F)nc1. The lowest BCUT2D eigenvalue weighted by molar-refractivity contribution is -0.141. The van der Waals surface area contributed by atoms with Gasteiger partial charge in [-0.05, 0) is 12.1 Å². The number of rotatable bonds is 4. The van der Waals surface area contributed by atoms with Gasteiger partial charge in [-0.25, -0.2) is 4.39 Å². The molecule has 2 N–H and O–H groups in total. The maximum Gasteiger partial charge on any atom is 0.433 e. The van der Waals surface area contributed by atoms with Gasteiger partial charge in [0.1, 0.15) is 17.9 Å². The van der Waals surface area contributed by atoms with Gasteiger partial charge in [0.05, 0.1) is 23.8 Å². The van der Waals surface area contributed by atoms with Crippen molar-refractivity contribution >= 4 is 5.91 Å². The molecule has 2 aromatic heterocycles. The Hall–Kier alpha value is -3.06. The van der Waals surface area contributed by atoms with Crippen LogP contribution in [0.2, 0.25) is 0 Å². The second-order valence-electron chi connectivity index (χ2n) is 6.27. The fourth-order valence-electron chi connectivity index (χ4n) is 2.84. The molecule has 1 amide bonds. The summed E-state index contributed by atoms with van der Waals surface area (Å²) in [5.41, 5.74) is 0.195. The fourth-order valence-corrected chi connectivity index (χ4v) is 2.84. The van der Waals surface area contributed by atoms with Crippen LogP contribution in [0.1, 0.15) is 23.4 Å². The largest absolute Gasteiger partial charge is 0.433 e. The summed E-state index contributed by atoms with van der Waals surface area (Å²) in [6, 6.07) is 4.86. The number of carbonyl (C=O) groups is 1. The van der Waals surface area contributed by atoms with Crippen LogP contribution in [0.15, 0.2) is 30.6 Å². The number of alkyl halides is 4. The number of nitriles is 1. The second-order valence-corrected chi connectivity index (χ2v) is 6.27. The van der Waals surface area contributed by atoms with Crippen LogP contribution in [0.5, 0.6) is 0 Å². The molecule has 0 bridgehead atoms. The van der Waals surface area contributed by atoms with E-state index in [0.29, 0.717) is 16.8 Å². The highest BCUT2D eigenvalue weighted by Crippen LogP contribution is 2.30. The second kappa shape index (κ2) is 7.90. The Labute approximate surface area is 157 Å². The highest BCUT2D eigenvalue weighted by molar-refractivity contribution is 5.82. The fraction of sp³-hybridized carbons (Fsp3) is 0.333. The molecular formula is C18H15F4N5O. The van der Waals surface area contributed by atoms with Crippen LogP contribution in [-0.4, -0.2) is 34.6 Å². The molecular weight excluding hydrogens is 378 g/mol. The van der Waals surface area contributed by atoms with Crippen molar-refractivity contribution in [3.05, 3.63) is 47.5 Å². The average Bonchev–Trinajstić information content (AvgIpc) is 3.12. The Morgan fingerprint density at radius 2 is 2.11 bits per heavy atom. The minimum Gasteiger partial charge on any atom is -0.349 e. The molecule has 1 fully saturated rings. The van der Waals surface area contributed by atoms with Crippen LogP contribution in [0.4, 0.5) is 17.6 Å². The number of nitrogens with zero attached hydrogens (tertiary/aromatic N) is 3. The molecule has 1 aliphatic heterocycles. The summed E-state index contributed by atoms with van der Waals surface area (Å²) < 4.78 is 51.2. The predicted octanol–water partition coefficient (Wildman–Crippen LogP) is 2.35. The van der Waals surface area contributed by atoms with Crippen LogP contribution in [0.3, 0.4) is 0 Å². The molecule has 0 aromatic carbocycles. The van der Waals surface area contributed by atoms with E-state index in [1.54, 1.807) is 0 Å². The normalized spacial score (nSPS) is 19.2. The Balaban J connectivity index is 1.77. The van der Waals surface area contributed by atoms with E-state index in [1.165, 1.54) is 18.3 Å². The zero-order chi connectivity index (χ0) is 20.3. The number of halogens is 4. The molecule has 2 atom stereocenters. The van der Waals surface area contributed by atoms with Crippen molar-refractivity contribution in [3.63, 3.8) is 0 Å². The minimum atomic E-state index is -4.56. The third kappa shape index (κ3) is 4.43. The third-order valence-corrected chi connectivity index (χ3v) is 4.28. The summed E-state index contributed by atoms with van der Waals surface area (Å²) in [6.45, 7) is 0.152. The summed E-state index contributed by atoms with van der Waals surface area (Å²) in [7, 11) is 0. The lowest BCUT2D eigenvalue weighted by Crippen LogP contribution is -2.40. The molecule has 3 rings (SSSR count). The lowest BCUT2D eigenvalue weighted by Gasteiger charge is -2.12. The maximum absolute atomic E-state index is 13.2.